The molecule has 0 radical (unpaired) electrons. The van der Waals surface area contributed by atoms with Crippen LogP contribution in [0.5, 0.6) is 0 Å². The summed E-state index contributed by atoms with van der Waals surface area (Å²) >= 11 is 0. The van der Waals surface area contributed by atoms with Crippen LogP contribution in [0.15, 0.2) is 24.4 Å². The largest absolute Gasteiger partial charge is 0.386 e. The molecule has 1 rings (SSSR count). The Morgan fingerprint density at radius 1 is 1.47 bits per heavy atom. The van der Waals surface area contributed by atoms with Crippen LogP contribution in [0.25, 0.3) is 0 Å². The van der Waals surface area contributed by atoms with Crippen LogP contribution in [0.4, 0.5) is 0 Å². The lowest BCUT2D eigenvalue weighted by Gasteiger charge is -2.16. The van der Waals surface area contributed by atoms with E-state index in [1.54, 1.807) is 24.4 Å². The van der Waals surface area contributed by atoms with E-state index in [4.69, 9.17) is 9.05 Å². The monoisotopic (exact) mass is 231 g/mol. The molecule has 1 unspecified atom stereocenters. The highest BCUT2D eigenvalue weighted by Gasteiger charge is 2.26. The van der Waals surface area contributed by atoms with Gasteiger partial charge in [0.05, 0.1) is 11.9 Å². The Hall–Kier alpha value is -0.740. The molecular weight excluding hydrogens is 217 g/mol. The summed E-state index contributed by atoms with van der Waals surface area (Å²) in [6, 6.07) is 5.14. The predicted molar refractivity (Wildman–Crippen MR) is 55.7 cm³/mol. The molecule has 0 aliphatic carbocycles. The van der Waals surface area contributed by atoms with Gasteiger partial charge in [0.15, 0.2) is 0 Å². The van der Waals surface area contributed by atoms with E-state index < -0.39 is 13.7 Å². The molecule has 0 spiro atoms. The van der Waals surface area contributed by atoms with Crippen molar-refractivity contribution >= 4 is 7.60 Å². The van der Waals surface area contributed by atoms with E-state index in [-0.39, 0.29) is 6.16 Å². The van der Waals surface area contributed by atoms with Gasteiger partial charge in [-0.25, -0.2) is 0 Å². The van der Waals surface area contributed by atoms with Gasteiger partial charge in [-0.1, -0.05) is 6.07 Å². The van der Waals surface area contributed by atoms with E-state index in [0.717, 1.165) is 0 Å². The van der Waals surface area contributed by atoms with Gasteiger partial charge in [0, 0.05) is 20.4 Å². The highest BCUT2D eigenvalue weighted by atomic mass is 31.2. The molecule has 0 saturated heterocycles. The first kappa shape index (κ1) is 12.3. The van der Waals surface area contributed by atoms with Gasteiger partial charge >= 0.3 is 7.60 Å². The van der Waals surface area contributed by atoms with Crippen LogP contribution in [-0.4, -0.2) is 30.5 Å². The minimum absolute atomic E-state index is 0.100. The minimum atomic E-state index is -3.19. The van der Waals surface area contributed by atoms with E-state index in [1.165, 1.54) is 14.2 Å². The number of pyridine rings is 1. The molecule has 0 aliphatic heterocycles. The Balaban J connectivity index is 2.71. The highest BCUT2D eigenvalue weighted by Crippen LogP contribution is 2.48. The fraction of sp³-hybridized carbons (Fsp3) is 0.444. The van der Waals surface area contributed by atoms with E-state index >= 15 is 0 Å². The summed E-state index contributed by atoms with van der Waals surface area (Å²) in [5.41, 5.74) is 0.451. The van der Waals surface area contributed by atoms with Gasteiger partial charge in [-0.2, -0.15) is 0 Å². The topological polar surface area (TPSA) is 68.7 Å². The maximum Gasteiger partial charge on any atom is 0.333 e. The molecule has 0 amide bonds. The summed E-state index contributed by atoms with van der Waals surface area (Å²) in [4.78, 5) is 3.95. The van der Waals surface area contributed by atoms with Gasteiger partial charge in [0.2, 0.25) is 0 Å². The molecule has 0 aliphatic rings. The molecule has 1 heterocycles. The van der Waals surface area contributed by atoms with Gasteiger partial charge < -0.3 is 14.2 Å². The number of hydrogen-bond donors (Lipinski definition) is 1. The third-order valence-electron chi connectivity index (χ3n) is 1.98. The van der Waals surface area contributed by atoms with E-state index in [1.807, 2.05) is 0 Å². The third-order valence-corrected chi connectivity index (χ3v) is 3.89. The fourth-order valence-electron chi connectivity index (χ4n) is 1.10. The molecule has 15 heavy (non-hydrogen) atoms. The van der Waals surface area contributed by atoms with Crippen molar-refractivity contribution in [1.82, 2.24) is 4.98 Å². The van der Waals surface area contributed by atoms with Gasteiger partial charge in [-0.05, 0) is 12.1 Å². The molecule has 0 saturated carbocycles. The summed E-state index contributed by atoms with van der Waals surface area (Å²) < 4.78 is 21.2. The van der Waals surface area contributed by atoms with Crippen molar-refractivity contribution in [1.29, 1.82) is 0 Å². The Bertz CT molecular complexity index is 335. The predicted octanol–water partition coefficient (Wildman–Crippen LogP) is 1.60. The number of nitrogens with zero attached hydrogens (tertiary/aromatic N) is 1. The lowest BCUT2D eigenvalue weighted by molar-refractivity contribution is 0.179. The number of aliphatic hydroxyl groups is 1. The first-order valence-electron chi connectivity index (χ1n) is 4.41. The van der Waals surface area contributed by atoms with Crippen LogP contribution >= 0.6 is 7.60 Å². The summed E-state index contributed by atoms with van der Waals surface area (Å²) in [6.07, 6.45) is 0.511. The van der Waals surface area contributed by atoms with Crippen molar-refractivity contribution < 1.29 is 18.7 Å². The molecule has 6 heteroatoms. The van der Waals surface area contributed by atoms with Crippen molar-refractivity contribution in [3.05, 3.63) is 30.1 Å². The first-order valence-corrected chi connectivity index (χ1v) is 6.13. The molecule has 0 aromatic carbocycles. The molecule has 1 aromatic heterocycles. The van der Waals surface area contributed by atoms with Gasteiger partial charge in [-0.3, -0.25) is 9.55 Å². The van der Waals surface area contributed by atoms with Crippen LogP contribution < -0.4 is 0 Å². The molecule has 1 N–H and O–H groups in total. The average molecular weight is 231 g/mol. The Morgan fingerprint density at radius 3 is 2.60 bits per heavy atom. The van der Waals surface area contributed by atoms with Crippen LogP contribution in [0.2, 0.25) is 0 Å². The zero-order valence-electron chi connectivity index (χ0n) is 8.66. The minimum Gasteiger partial charge on any atom is -0.386 e. The van der Waals surface area contributed by atoms with Crippen LogP contribution in [0.3, 0.4) is 0 Å². The van der Waals surface area contributed by atoms with E-state index in [2.05, 4.69) is 4.98 Å². The summed E-state index contributed by atoms with van der Waals surface area (Å²) in [5.74, 6) is 0. The number of aliphatic hydroxyl groups excluding tert-OH is 1. The Labute approximate surface area is 88.6 Å². The second kappa shape index (κ2) is 5.37. The van der Waals surface area contributed by atoms with Crippen LogP contribution in [0.1, 0.15) is 11.8 Å². The lowest BCUT2D eigenvalue weighted by Crippen LogP contribution is -2.07. The van der Waals surface area contributed by atoms with Crippen molar-refractivity contribution in [3.63, 3.8) is 0 Å². The highest BCUT2D eigenvalue weighted by molar-refractivity contribution is 7.53. The second-order valence-corrected chi connectivity index (χ2v) is 5.25. The summed E-state index contributed by atoms with van der Waals surface area (Å²) in [7, 11) is -0.618. The van der Waals surface area contributed by atoms with Crippen molar-refractivity contribution in [3.8, 4) is 0 Å². The van der Waals surface area contributed by atoms with Crippen molar-refractivity contribution in [2.24, 2.45) is 0 Å². The third kappa shape index (κ3) is 3.39. The maximum atomic E-state index is 11.7. The van der Waals surface area contributed by atoms with Crippen molar-refractivity contribution in [2.75, 3.05) is 20.4 Å². The zero-order chi connectivity index (χ0) is 11.3. The van der Waals surface area contributed by atoms with Gasteiger partial charge in [-0.15, -0.1) is 0 Å². The summed E-state index contributed by atoms with van der Waals surface area (Å²) in [6.45, 7) is 0. The Kier molecular flexibility index (Phi) is 4.42. The number of rotatable bonds is 5. The Morgan fingerprint density at radius 2 is 2.13 bits per heavy atom. The quantitative estimate of drug-likeness (QED) is 0.779. The molecule has 1 aromatic rings. The van der Waals surface area contributed by atoms with E-state index in [0.29, 0.717) is 5.69 Å². The van der Waals surface area contributed by atoms with Gasteiger partial charge in [0.25, 0.3) is 0 Å². The van der Waals surface area contributed by atoms with Crippen LogP contribution in [0, 0.1) is 0 Å². The second-order valence-electron chi connectivity index (χ2n) is 2.93. The molecule has 0 bridgehead atoms. The first-order chi connectivity index (χ1) is 7.11. The fourth-order valence-corrected chi connectivity index (χ4v) is 2.16. The summed E-state index contributed by atoms with van der Waals surface area (Å²) in [5, 5.41) is 9.72. The number of aromatic nitrogens is 1. The molecular formula is C9H14NO4P. The molecule has 5 nitrogen and oxygen atoms in total. The van der Waals surface area contributed by atoms with E-state index in [9.17, 15) is 9.67 Å². The normalized spacial score (nSPS) is 13.8. The maximum absolute atomic E-state index is 11.7. The molecule has 0 fully saturated rings. The standard InChI is InChI=1S/C9H14NO4P/c1-13-15(12,14-2)7-9(11)8-5-3-4-6-10-8/h3-6,9,11H,7H2,1-2H3. The van der Waals surface area contributed by atoms with Crippen molar-refractivity contribution in [2.45, 2.75) is 6.10 Å². The molecule has 84 valence electrons. The average Bonchev–Trinajstić information content (AvgIpc) is 2.30. The zero-order valence-corrected chi connectivity index (χ0v) is 9.55. The van der Waals surface area contributed by atoms with Crippen LogP contribution in [-0.2, 0) is 13.6 Å². The lowest BCUT2D eigenvalue weighted by atomic mass is 10.2. The number of hydrogen-bond acceptors (Lipinski definition) is 5. The smallest absolute Gasteiger partial charge is 0.333 e. The molecule has 1 atom stereocenters. The van der Waals surface area contributed by atoms with Gasteiger partial charge in [0.1, 0.15) is 6.10 Å². The SMILES string of the molecule is COP(=O)(CC(O)c1ccccn1)OC.